The number of hydrogen-bond donors (Lipinski definition) is 2. The molecule has 0 aliphatic carbocycles. The van der Waals surface area contributed by atoms with Crippen LogP contribution >= 0.6 is 24.2 Å². The maximum atomic E-state index is 5.83. The van der Waals surface area contributed by atoms with Crippen LogP contribution < -0.4 is 5.32 Å². The summed E-state index contributed by atoms with van der Waals surface area (Å²) in [7, 11) is 0. The van der Waals surface area contributed by atoms with Crippen LogP contribution in [0.25, 0.3) is 0 Å². The van der Waals surface area contributed by atoms with Gasteiger partial charge in [-0.05, 0) is 38.4 Å². The molecule has 1 N–H and O–H groups in total. The largest absolute Gasteiger partial charge is 0.350 e. The summed E-state index contributed by atoms with van der Waals surface area (Å²) in [5.74, 6) is 1.57. The Kier molecular flexibility index (Phi) is 11.6. The zero-order valence-electron chi connectivity index (χ0n) is 13.7. The second-order valence-corrected chi connectivity index (χ2v) is 5.91. The third-order valence-corrected chi connectivity index (χ3v) is 3.97. The van der Waals surface area contributed by atoms with Gasteiger partial charge in [0.15, 0.2) is 0 Å². The molecule has 1 atom stereocenters. The summed E-state index contributed by atoms with van der Waals surface area (Å²) in [6.45, 7) is 12.9. The zero-order chi connectivity index (χ0) is 16.3. The van der Waals surface area contributed by atoms with Gasteiger partial charge in [-0.15, -0.1) is 0 Å². The summed E-state index contributed by atoms with van der Waals surface area (Å²) in [6.07, 6.45) is 7.44. The lowest BCUT2D eigenvalue weighted by molar-refractivity contribution is 0.535. The summed E-state index contributed by atoms with van der Waals surface area (Å²) in [4.78, 5) is 4.70. The van der Waals surface area contributed by atoms with Gasteiger partial charge in [0.05, 0.1) is 5.16 Å². The number of aliphatic imine (C=N–C) groups is 1. The number of halogens is 1. The lowest BCUT2D eigenvalue weighted by atomic mass is 10.0. The maximum absolute atomic E-state index is 5.83. The number of allylic oxidation sites excluding steroid dienone is 4. The fraction of sp³-hybridized carbons (Fsp3) is 0.588. The Morgan fingerprint density at radius 1 is 1.38 bits per heavy atom. The number of nitrogens with zero attached hydrogens (tertiary/aromatic N) is 1. The van der Waals surface area contributed by atoms with E-state index in [2.05, 4.69) is 50.5 Å². The highest BCUT2D eigenvalue weighted by atomic mass is 35.5. The van der Waals surface area contributed by atoms with E-state index in [4.69, 9.17) is 16.6 Å². The average Bonchev–Trinajstić information content (AvgIpc) is 2.43. The van der Waals surface area contributed by atoms with Crippen molar-refractivity contribution in [1.29, 1.82) is 0 Å². The fourth-order valence-electron chi connectivity index (χ4n) is 1.95. The topological polar surface area (TPSA) is 24.4 Å². The van der Waals surface area contributed by atoms with Gasteiger partial charge in [-0.1, -0.05) is 50.6 Å². The minimum absolute atomic E-state index is 0.420. The first-order valence-corrected chi connectivity index (χ1v) is 8.58. The Bertz CT molecular complexity index is 407. The molecule has 0 amide bonds. The Labute approximate surface area is 140 Å². The maximum Gasteiger partial charge on any atom is 0.0986 e. The Hall–Kier alpha value is -0.670. The van der Waals surface area contributed by atoms with Gasteiger partial charge in [0.2, 0.25) is 0 Å². The van der Waals surface area contributed by atoms with Crippen molar-refractivity contribution in [2.75, 3.05) is 12.3 Å². The molecule has 120 valence electrons. The standard InChI is InChI=1S/C17H29ClN2S/c1-6-8-9-17(14(4)20-15(5)18)13(3)19-11-10-16(7-2)12-21/h8-9,16,20-21H,5-7,10-12H2,1-4H3/b9-8+,17-14-,19-13?. The summed E-state index contributed by atoms with van der Waals surface area (Å²) < 4.78 is 0. The van der Waals surface area contributed by atoms with Crippen LogP contribution in [0.4, 0.5) is 0 Å². The number of nitrogens with one attached hydrogen (secondary N) is 1. The van der Waals surface area contributed by atoms with E-state index in [0.29, 0.717) is 11.1 Å². The average molecular weight is 329 g/mol. The van der Waals surface area contributed by atoms with Crippen LogP contribution in [0.5, 0.6) is 0 Å². The van der Waals surface area contributed by atoms with Crippen molar-refractivity contribution in [2.24, 2.45) is 10.9 Å². The van der Waals surface area contributed by atoms with Gasteiger partial charge in [0, 0.05) is 23.5 Å². The predicted octanol–water partition coefficient (Wildman–Crippen LogP) is 5.33. The van der Waals surface area contributed by atoms with Gasteiger partial charge >= 0.3 is 0 Å². The summed E-state index contributed by atoms with van der Waals surface area (Å²) in [5.41, 5.74) is 3.08. The van der Waals surface area contributed by atoms with E-state index < -0.39 is 0 Å². The monoisotopic (exact) mass is 328 g/mol. The van der Waals surface area contributed by atoms with E-state index in [1.807, 2.05) is 13.8 Å². The van der Waals surface area contributed by atoms with Crippen molar-refractivity contribution < 1.29 is 0 Å². The van der Waals surface area contributed by atoms with E-state index in [1.165, 1.54) is 0 Å². The van der Waals surface area contributed by atoms with E-state index in [1.54, 1.807) is 0 Å². The number of rotatable bonds is 10. The van der Waals surface area contributed by atoms with E-state index in [-0.39, 0.29) is 0 Å². The van der Waals surface area contributed by atoms with Crippen molar-refractivity contribution >= 4 is 29.9 Å². The molecule has 0 aliphatic rings. The lowest BCUT2D eigenvalue weighted by Crippen LogP contribution is -2.12. The molecule has 0 bridgehead atoms. The van der Waals surface area contributed by atoms with Gasteiger partial charge in [0.1, 0.15) is 0 Å². The number of thiol groups is 1. The minimum atomic E-state index is 0.420. The predicted molar refractivity (Wildman–Crippen MR) is 100 cm³/mol. The fourth-order valence-corrected chi connectivity index (χ4v) is 2.53. The zero-order valence-corrected chi connectivity index (χ0v) is 15.4. The van der Waals surface area contributed by atoms with Crippen LogP contribution in [-0.4, -0.2) is 18.0 Å². The molecule has 0 saturated carbocycles. The molecular weight excluding hydrogens is 300 g/mol. The highest BCUT2D eigenvalue weighted by Gasteiger charge is 2.06. The van der Waals surface area contributed by atoms with Gasteiger partial charge in [0.25, 0.3) is 0 Å². The molecule has 0 radical (unpaired) electrons. The summed E-state index contributed by atoms with van der Waals surface area (Å²) in [5, 5.41) is 3.48. The van der Waals surface area contributed by atoms with Crippen LogP contribution in [0.15, 0.2) is 40.1 Å². The quantitative estimate of drug-likeness (QED) is 0.241. The molecule has 0 aromatic rings. The number of hydrogen-bond acceptors (Lipinski definition) is 3. The van der Waals surface area contributed by atoms with Crippen LogP contribution in [-0.2, 0) is 0 Å². The molecular formula is C17H29ClN2S. The van der Waals surface area contributed by atoms with E-state index in [9.17, 15) is 0 Å². The summed E-state index contributed by atoms with van der Waals surface area (Å²) >= 11 is 10.2. The van der Waals surface area contributed by atoms with E-state index >= 15 is 0 Å². The molecule has 0 fully saturated rings. The second kappa shape index (κ2) is 11.9. The van der Waals surface area contributed by atoms with Crippen LogP contribution in [0, 0.1) is 5.92 Å². The molecule has 2 nitrogen and oxygen atoms in total. The van der Waals surface area contributed by atoms with Crippen LogP contribution in [0.3, 0.4) is 0 Å². The smallest absolute Gasteiger partial charge is 0.0986 e. The molecule has 0 heterocycles. The Morgan fingerprint density at radius 2 is 2.05 bits per heavy atom. The van der Waals surface area contributed by atoms with Crippen LogP contribution in [0.2, 0.25) is 0 Å². The third-order valence-electron chi connectivity index (χ3n) is 3.36. The van der Waals surface area contributed by atoms with Crippen molar-refractivity contribution in [3.8, 4) is 0 Å². The molecule has 21 heavy (non-hydrogen) atoms. The molecule has 0 saturated heterocycles. The molecule has 0 aromatic heterocycles. The van der Waals surface area contributed by atoms with Gasteiger partial charge in [-0.2, -0.15) is 12.6 Å². The molecule has 0 spiro atoms. The second-order valence-electron chi connectivity index (χ2n) is 5.09. The highest BCUT2D eigenvalue weighted by molar-refractivity contribution is 7.80. The molecule has 4 heteroatoms. The minimum Gasteiger partial charge on any atom is -0.350 e. The molecule has 0 aliphatic heterocycles. The lowest BCUT2D eigenvalue weighted by Gasteiger charge is -2.12. The van der Waals surface area contributed by atoms with Gasteiger partial charge in [-0.25, -0.2) is 0 Å². The Balaban J connectivity index is 4.98. The summed E-state index contributed by atoms with van der Waals surface area (Å²) in [6, 6.07) is 0. The van der Waals surface area contributed by atoms with Gasteiger partial charge in [-0.3, -0.25) is 4.99 Å². The van der Waals surface area contributed by atoms with E-state index in [0.717, 1.165) is 48.5 Å². The molecule has 0 rings (SSSR count). The van der Waals surface area contributed by atoms with Crippen molar-refractivity contribution in [1.82, 2.24) is 5.32 Å². The first kappa shape index (κ1) is 20.3. The van der Waals surface area contributed by atoms with Crippen molar-refractivity contribution in [3.63, 3.8) is 0 Å². The normalized spacial score (nSPS) is 15.0. The first-order chi connectivity index (χ1) is 9.96. The van der Waals surface area contributed by atoms with Crippen molar-refractivity contribution in [3.05, 3.63) is 35.2 Å². The Morgan fingerprint density at radius 3 is 2.52 bits per heavy atom. The third kappa shape index (κ3) is 9.05. The van der Waals surface area contributed by atoms with Crippen LogP contribution in [0.1, 0.15) is 47.0 Å². The first-order valence-electron chi connectivity index (χ1n) is 7.57. The highest BCUT2D eigenvalue weighted by Crippen LogP contribution is 2.13. The SMILES string of the molecule is C=C(Cl)N/C(C)=C(/C=C/CC)C(C)=NCCC(CC)CS. The molecule has 0 aromatic carbocycles. The van der Waals surface area contributed by atoms with Gasteiger partial charge < -0.3 is 5.32 Å². The molecule has 1 unspecified atom stereocenters. The van der Waals surface area contributed by atoms with Crippen molar-refractivity contribution in [2.45, 2.75) is 47.0 Å².